The molecule has 0 spiro atoms. The minimum atomic E-state index is -1.15. The molecular formula is C19H21N3O6. The van der Waals surface area contributed by atoms with Gasteiger partial charge in [-0.15, -0.1) is 0 Å². The molecule has 0 saturated heterocycles. The van der Waals surface area contributed by atoms with Crippen LogP contribution in [0.1, 0.15) is 24.1 Å². The quantitative estimate of drug-likeness (QED) is 0.306. The number of amidine groups is 1. The van der Waals surface area contributed by atoms with E-state index < -0.39 is 24.6 Å². The van der Waals surface area contributed by atoms with Gasteiger partial charge >= 0.3 is 11.9 Å². The van der Waals surface area contributed by atoms with Gasteiger partial charge in [0.05, 0.1) is 6.61 Å². The summed E-state index contributed by atoms with van der Waals surface area (Å²) < 4.78 is 10.6. The molecule has 0 amide bonds. The zero-order valence-corrected chi connectivity index (χ0v) is 15.1. The minimum Gasteiger partial charge on any atom is -0.494 e. The summed E-state index contributed by atoms with van der Waals surface area (Å²) in [6.07, 6.45) is 0. The van der Waals surface area contributed by atoms with Gasteiger partial charge in [-0.05, 0) is 48.9 Å². The first-order valence-corrected chi connectivity index (χ1v) is 8.36. The maximum absolute atomic E-state index is 11.8. The van der Waals surface area contributed by atoms with Crippen LogP contribution < -0.4 is 20.5 Å². The number of nitrogens with one attached hydrogen (secondary N) is 2. The lowest BCUT2D eigenvalue weighted by molar-refractivity contribution is -0.139. The maximum Gasteiger partial charge on any atom is 0.341 e. The predicted octanol–water partition coefficient (Wildman–Crippen LogP) is 2.07. The second-order valence-electron chi connectivity index (χ2n) is 5.76. The summed E-state index contributed by atoms with van der Waals surface area (Å²) in [6, 6.07) is 9.77. The molecule has 1 unspecified atom stereocenters. The molecule has 9 heteroatoms. The van der Waals surface area contributed by atoms with Crippen molar-refractivity contribution in [3.05, 3.63) is 53.6 Å². The lowest BCUT2D eigenvalue weighted by Crippen LogP contribution is -2.21. The first kappa shape index (κ1) is 20.6. The summed E-state index contributed by atoms with van der Waals surface area (Å²) in [4.78, 5) is 22.6. The molecule has 0 saturated carbocycles. The van der Waals surface area contributed by atoms with Crippen molar-refractivity contribution >= 4 is 23.5 Å². The summed E-state index contributed by atoms with van der Waals surface area (Å²) in [5.74, 6) is -1.84. The Morgan fingerprint density at radius 3 is 2.21 bits per heavy atom. The molecule has 0 aliphatic heterocycles. The number of hydrogen-bond acceptors (Lipinski definition) is 6. The van der Waals surface area contributed by atoms with Crippen LogP contribution in [-0.4, -0.2) is 41.2 Å². The van der Waals surface area contributed by atoms with Crippen molar-refractivity contribution in [3.63, 3.8) is 0 Å². The van der Waals surface area contributed by atoms with E-state index in [0.717, 1.165) is 0 Å². The Morgan fingerprint density at radius 1 is 1.11 bits per heavy atom. The summed E-state index contributed by atoms with van der Waals surface area (Å²) in [5, 5.41) is 28.7. The standard InChI is InChI=1S/C19H21N3O6/c1-2-27-14-7-12(8-15(9-14)28-10-16(23)24)17(19(25)26)22-13-5-3-11(4-6-13)18(20)21/h3-9,17,22H,2,10H2,1H3,(H3,20,21)(H,23,24)(H,25,26). The Hall–Kier alpha value is -3.75. The van der Waals surface area contributed by atoms with Crippen LogP contribution in [0.4, 0.5) is 5.69 Å². The van der Waals surface area contributed by atoms with Crippen molar-refractivity contribution in [2.45, 2.75) is 13.0 Å². The van der Waals surface area contributed by atoms with E-state index in [1.165, 1.54) is 12.1 Å². The highest BCUT2D eigenvalue weighted by molar-refractivity contribution is 5.95. The molecule has 1 atom stereocenters. The van der Waals surface area contributed by atoms with Crippen LogP contribution in [0.5, 0.6) is 11.5 Å². The molecule has 0 heterocycles. The van der Waals surface area contributed by atoms with Crippen LogP contribution in [0, 0.1) is 5.41 Å². The number of benzene rings is 2. The molecule has 28 heavy (non-hydrogen) atoms. The first-order chi connectivity index (χ1) is 13.3. The molecule has 2 aromatic carbocycles. The van der Waals surface area contributed by atoms with Crippen molar-refractivity contribution in [3.8, 4) is 11.5 Å². The molecule has 2 rings (SSSR count). The summed E-state index contributed by atoms with van der Waals surface area (Å²) in [5.41, 5.74) is 6.76. The Balaban J connectivity index is 2.33. The second-order valence-corrected chi connectivity index (χ2v) is 5.76. The minimum absolute atomic E-state index is 0.0917. The van der Waals surface area contributed by atoms with E-state index in [1.54, 1.807) is 37.3 Å². The normalized spacial score (nSPS) is 11.3. The number of carbonyl (C=O) groups is 2. The van der Waals surface area contributed by atoms with E-state index in [-0.39, 0.29) is 11.6 Å². The number of hydrogen-bond donors (Lipinski definition) is 5. The second kappa shape index (κ2) is 9.26. The van der Waals surface area contributed by atoms with Crippen LogP contribution in [0.15, 0.2) is 42.5 Å². The largest absolute Gasteiger partial charge is 0.494 e. The van der Waals surface area contributed by atoms with E-state index in [2.05, 4.69) is 5.32 Å². The molecule has 0 fully saturated rings. The molecule has 0 bridgehead atoms. The van der Waals surface area contributed by atoms with Crippen LogP contribution in [-0.2, 0) is 9.59 Å². The van der Waals surface area contributed by atoms with Crippen molar-refractivity contribution in [1.82, 2.24) is 0 Å². The van der Waals surface area contributed by atoms with E-state index in [9.17, 15) is 14.7 Å². The monoisotopic (exact) mass is 387 g/mol. The molecule has 0 radical (unpaired) electrons. The van der Waals surface area contributed by atoms with Gasteiger partial charge in [-0.1, -0.05) is 0 Å². The molecule has 6 N–H and O–H groups in total. The molecule has 9 nitrogen and oxygen atoms in total. The first-order valence-electron chi connectivity index (χ1n) is 8.36. The summed E-state index contributed by atoms with van der Waals surface area (Å²) >= 11 is 0. The molecular weight excluding hydrogens is 366 g/mol. The average molecular weight is 387 g/mol. The van der Waals surface area contributed by atoms with E-state index >= 15 is 0 Å². The molecule has 0 aromatic heterocycles. The lowest BCUT2D eigenvalue weighted by Gasteiger charge is -2.18. The number of nitrogens with two attached hydrogens (primary N) is 1. The third-order valence-corrected chi connectivity index (χ3v) is 3.66. The number of carboxylic acid groups (broad SMARTS) is 2. The molecule has 0 aliphatic rings. The Kier molecular flexibility index (Phi) is 6.80. The SMILES string of the molecule is CCOc1cc(OCC(=O)O)cc(C(Nc2ccc(C(=N)N)cc2)C(=O)O)c1. The third kappa shape index (κ3) is 5.63. The maximum atomic E-state index is 11.8. The number of nitrogen functional groups attached to an aromatic ring is 1. The lowest BCUT2D eigenvalue weighted by atomic mass is 10.1. The topological polar surface area (TPSA) is 155 Å². The fourth-order valence-electron chi connectivity index (χ4n) is 2.44. The Labute approximate surface area is 161 Å². The predicted molar refractivity (Wildman–Crippen MR) is 102 cm³/mol. The molecule has 0 aliphatic carbocycles. The van der Waals surface area contributed by atoms with Gasteiger partial charge in [0.2, 0.25) is 0 Å². The average Bonchev–Trinajstić information content (AvgIpc) is 2.64. The summed E-state index contributed by atoms with van der Waals surface area (Å²) in [6.45, 7) is 1.56. The van der Waals surface area contributed by atoms with Crippen LogP contribution in [0.3, 0.4) is 0 Å². The Morgan fingerprint density at radius 2 is 1.71 bits per heavy atom. The highest BCUT2D eigenvalue weighted by Gasteiger charge is 2.22. The van der Waals surface area contributed by atoms with Gasteiger partial charge in [0, 0.05) is 17.3 Å². The highest BCUT2D eigenvalue weighted by atomic mass is 16.5. The van der Waals surface area contributed by atoms with Crippen LogP contribution >= 0.6 is 0 Å². The van der Waals surface area contributed by atoms with E-state index in [1.807, 2.05) is 0 Å². The van der Waals surface area contributed by atoms with Crippen molar-refractivity contribution < 1.29 is 29.3 Å². The summed E-state index contributed by atoms with van der Waals surface area (Å²) in [7, 11) is 0. The van der Waals surface area contributed by atoms with Gasteiger partial charge in [0.1, 0.15) is 17.3 Å². The fourth-order valence-corrected chi connectivity index (χ4v) is 2.44. The zero-order valence-electron chi connectivity index (χ0n) is 15.1. The fraction of sp³-hybridized carbons (Fsp3) is 0.211. The van der Waals surface area contributed by atoms with Gasteiger partial charge in [0.25, 0.3) is 0 Å². The smallest absolute Gasteiger partial charge is 0.341 e. The zero-order chi connectivity index (χ0) is 20.7. The van der Waals surface area contributed by atoms with Gasteiger partial charge in [-0.25, -0.2) is 9.59 Å². The van der Waals surface area contributed by atoms with Gasteiger partial charge in [-0.2, -0.15) is 0 Å². The molecule has 2 aromatic rings. The number of rotatable bonds is 10. The van der Waals surface area contributed by atoms with Crippen molar-refractivity contribution in [1.29, 1.82) is 5.41 Å². The highest BCUT2D eigenvalue weighted by Crippen LogP contribution is 2.29. The van der Waals surface area contributed by atoms with Gasteiger partial charge < -0.3 is 30.7 Å². The number of ether oxygens (including phenoxy) is 2. The van der Waals surface area contributed by atoms with Crippen molar-refractivity contribution in [2.75, 3.05) is 18.5 Å². The van der Waals surface area contributed by atoms with Gasteiger partial charge in [0.15, 0.2) is 12.6 Å². The molecule has 148 valence electrons. The Bertz CT molecular complexity index is 866. The number of carboxylic acids is 2. The van der Waals surface area contributed by atoms with E-state index in [4.69, 9.17) is 25.7 Å². The number of aliphatic carboxylic acids is 2. The van der Waals surface area contributed by atoms with Gasteiger partial charge in [-0.3, -0.25) is 5.41 Å². The van der Waals surface area contributed by atoms with Crippen LogP contribution in [0.2, 0.25) is 0 Å². The van der Waals surface area contributed by atoms with Crippen LogP contribution in [0.25, 0.3) is 0 Å². The number of anilines is 1. The third-order valence-electron chi connectivity index (χ3n) is 3.66. The van der Waals surface area contributed by atoms with E-state index in [0.29, 0.717) is 29.2 Å². The van der Waals surface area contributed by atoms with Crippen molar-refractivity contribution in [2.24, 2.45) is 5.73 Å².